The van der Waals surface area contributed by atoms with Gasteiger partial charge in [0, 0.05) is 13.1 Å². The number of allylic oxidation sites excluding steroid dienone is 1. The van der Waals surface area contributed by atoms with Crippen molar-refractivity contribution in [1.82, 2.24) is 4.90 Å². The van der Waals surface area contributed by atoms with E-state index in [1.165, 1.54) is 0 Å². The average Bonchev–Trinajstić information content (AvgIpc) is 2.63. The molecule has 0 aromatic rings. The summed E-state index contributed by atoms with van der Waals surface area (Å²) in [5.74, 6) is -5.34. The highest BCUT2D eigenvalue weighted by molar-refractivity contribution is 5.79. The van der Waals surface area contributed by atoms with Gasteiger partial charge in [0.2, 0.25) is 0 Å². The van der Waals surface area contributed by atoms with Crippen LogP contribution in [0, 0.1) is 5.41 Å². The summed E-state index contributed by atoms with van der Waals surface area (Å²) in [6.45, 7) is 1.95. The van der Waals surface area contributed by atoms with Crippen molar-refractivity contribution in [2.45, 2.75) is 12.3 Å². The van der Waals surface area contributed by atoms with Gasteiger partial charge in [0.15, 0.2) is 5.41 Å². The Bertz CT molecular complexity index is 344. The Morgan fingerprint density at radius 3 is 2.31 bits per heavy atom. The zero-order valence-electron chi connectivity index (χ0n) is 8.32. The number of hydrogen-bond donors (Lipinski definition) is 2. The molecule has 1 aliphatic rings. The molecule has 0 aromatic carbocycles. The summed E-state index contributed by atoms with van der Waals surface area (Å²) in [7, 11) is 0. The first kappa shape index (κ1) is 12.4. The highest BCUT2D eigenvalue weighted by atomic mass is 19.3. The molecule has 16 heavy (non-hydrogen) atoms. The Balaban J connectivity index is 3.08. The summed E-state index contributed by atoms with van der Waals surface area (Å²) in [6.07, 6.45) is -1.57. The second-order valence-corrected chi connectivity index (χ2v) is 3.67. The summed E-state index contributed by atoms with van der Waals surface area (Å²) >= 11 is 0. The van der Waals surface area contributed by atoms with E-state index in [9.17, 15) is 18.4 Å². The molecule has 1 heterocycles. The Morgan fingerprint density at radius 2 is 2.00 bits per heavy atom. The van der Waals surface area contributed by atoms with Crippen molar-refractivity contribution in [1.29, 1.82) is 0 Å². The van der Waals surface area contributed by atoms with E-state index >= 15 is 0 Å². The zero-order chi connectivity index (χ0) is 12.6. The minimum Gasteiger partial charge on any atom is -0.481 e. The quantitative estimate of drug-likeness (QED) is 0.722. The number of hydrogen-bond acceptors (Lipinski definition) is 2. The zero-order valence-corrected chi connectivity index (χ0v) is 8.32. The molecule has 0 bridgehead atoms. The molecular formula is C9H11F2NO4. The molecule has 7 heteroatoms. The fraction of sp³-hybridized carbons (Fsp3) is 0.556. The number of nitrogens with zero attached hydrogens (tertiary/aromatic N) is 1. The minimum absolute atomic E-state index is 0.217. The fourth-order valence-corrected chi connectivity index (χ4v) is 1.76. The Morgan fingerprint density at radius 1 is 1.44 bits per heavy atom. The molecule has 1 fully saturated rings. The normalized spacial score (nSPS) is 25.5. The molecule has 5 nitrogen and oxygen atoms in total. The smallest absolute Gasteiger partial charge is 0.407 e. The Labute approximate surface area is 90.0 Å². The monoisotopic (exact) mass is 235 g/mol. The number of alkyl halides is 2. The molecule has 0 radical (unpaired) electrons. The molecule has 1 saturated heterocycles. The summed E-state index contributed by atoms with van der Waals surface area (Å²) in [5, 5.41) is 17.5. The van der Waals surface area contributed by atoms with Crippen LogP contribution in [-0.2, 0) is 4.79 Å². The van der Waals surface area contributed by atoms with E-state index in [-0.39, 0.29) is 12.6 Å². The standard InChI is InChI=1S/C9H11F2NO4/c1-2-9(10,11)8(6(13)14)3-4-12(5-8)7(15)16/h2H,1,3-5H2,(H,13,14)(H,15,16). The van der Waals surface area contributed by atoms with Gasteiger partial charge >= 0.3 is 12.1 Å². The third-order valence-electron chi connectivity index (χ3n) is 2.84. The van der Waals surface area contributed by atoms with Crippen molar-refractivity contribution < 1.29 is 28.6 Å². The van der Waals surface area contributed by atoms with E-state index in [0.29, 0.717) is 4.90 Å². The largest absolute Gasteiger partial charge is 0.481 e. The molecule has 2 N–H and O–H groups in total. The molecule has 0 aliphatic carbocycles. The van der Waals surface area contributed by atoms with Gasteiger partial charge in [-0.05, 0) is 12.5 Å². The number of amides is 1. The average molecular weight is 235 g/mol. The maximum absolute atomic E-state index is 13.5. The van der Waals surface area contributed by atoms with Gasteiger partial charge in [-0.25, -0.2) is 13.6 Å². The Kier molecular flexibility index (Phi) is 2.89. The maximum atomic E-state index is 13.5. The highest BCUT2D eigenvalue weighted by Crippen LogP contribution is 2.45. The van der Waals surface area contributed by atoms with Gasteiger partial charge in [0.05, 0.1) is 0 Å². The number of rotatable bonds is 3. The molecule has 1 aliphatic heterocycles. The van der Waals surface area contributed by atoms with Crippen LogP contribution in [0.3, 0.4) is 0 Å². The maximum Gasteiger partial charge on any atom is 0.407 e. The van der Waals surface area contributed by atoms with E-state index in [4.69, 9.17) is 10.2 Å². The van der Waals surface area contributed by atoms with Gasteiger partial charge in [0.25, 0.3) is 5.92 Å². The Hall–Kier alpha value is -1.66. The van der Waals surface area contributed by atoms with Crippen molar-refractivity contribution in [3.63, 3.8) is 0 Å². The molecule has 1 amide bonds. The van der Waals surface area contributed by atoms with Crippen LogP contribution in [-0.4, -0.2) is 46.2 Å². The van der Waals surface area contributed by atoms with E-state index in [1.807, 2.05) is 0 Å². The minimum atomic E-state index is -3.64. The summed E-state index contributed by atoms with van der Waals surface area (Å²) in [5.41, 5.74) is -2.40. The van der Waals surface area contributed by atoms with E-state index in [0.717, 1.165) is 0 Å². The number of carbonyl (C=O) groups is 2. The molecule has 0 saturated carbocycles. The van der Waals surface area contributed by atoms with Gasteiger partial charge in [-0.1, -0.05) is 6.58 Å². The number of likely N-dealkylation sites (tertiary alicyclic amines) is 1. The number of halogens is 2. The summed E-state index contributed by atoms with van der Waals surface area (Å²) < 4.78 is 27.0. The van der Waals surface area contributed by atoms with Crippen molar-refractivity contribution in [3.8, 4) is 0 Å². The van der Waals surface area contributed by atoms with Crippen LogP contribution in [0.15, 0.2) is 12.7 Å². The lowest BCUT2D eigenvalue weighted by molar-refractivity contribution is -0.167. The van der Waals surface area contributed by atoms with E-state index < -0.39 is 36.4 Å². The van der Waals surface area contributed by atoms with Crippen LogP contribution < -0.4 is 0 Å². The number of aliphatic carboxylic acids is 1. The lowest BCUT2D eigenvalue weighted by Crippen LogP contribution is -2.49. The van der Waals surface area contributed by atoms with Crippen LogP contribution in [0.25, 0.3) is 0 Å². The topological polar surface area (TPSA) is 77.8 Å². The molecule has 1 rings (SSSR count). The molecule has 1 atom stereocenters. The van der Waals surface area contributed by atoms with Gasteiger partial charge in [-0.2, -0.15) is 0 Å². The van der Waals surface area contributed by atoms with Crippen LogP contribution in [0.2, 0.25) is 0 Å². The molecule has 1 unspecified atom stereocenters. The molecular weight excluding hydrogens is 224 g/mol. The second-order valence-electron chi connectivity index (χ2n) is 3.67. The van der Waals surface area contributed by atoms with Gasteiger partial charge in [-0.3, -0.25) is 4.79 Å². The SMILES string of the molecule is C=CC(F)(F)C1(C(=O)O)CCN(C(=O)O)C1. The van der Waals surface area contributed by atoms with Crippen molar-refractivity contribution >= 4 is 12.1 Å². The van der Waals surface area contributed by atoms with Gasteiger partial charge < -0.3 is 15.1 Å². The van der Waals surface area contributed by atoms with Crippen LogP contribution in [0.5, 0.6) is 0 Å². The van der Waals surface area contributed by atoms with Crippen LogP contribution >= 0.6 is 0 Å². The number of carboxylic acids is 1. The van der Waals surface area contributed by atoms with Crippen molar-refractivity contribution in [2.24, 2.45) is 5.41 Å². The summed E-state index contributed by atoms with van der Waals surface area (Å²) in [4.78, 5) is 22.2. The lowest BCUT2D eigenvalue weighted by atomic mass is 9.80. The van der Waals surface area contributed by atoms with Crippen LogP contribution in [0.1, 0.15) is 6.42 Å². The second kappa shape index (κ2) is 3.73. The molecule has 0 spiro atoms. The first-order chi connectivity index (χ1) is 7.27. The van der Waals surface area contributed by atoms with E-state index in [2.05, 4.69) is 6.58 Å². The predicted octanol–water partition coefficient (Wildman–Crippen LogP) is 1.26. The summed E-state index contributed by atoms with van der Waals surface area (Å²) in [6, 6.07) is 0. The highest BCUT2D eigenvalue weighted by Gasteiger charge is 2.61. The fourth-order valence-electron chi connectivity index (χ4n) is 1.76. The third-order valence-corrected chi connectivity index (χ3v) is 2.84. The van der Waals surface area contributed by atoms with Crippen molar-refractivity contribution in [2.75, 3.05) is 13.1 Å². The van der Waals surface area contributed by atoms with E-state index in [1.54, 1.807) is 0 Å². The molecule has 0 aromatic heterocycles. The van der Waals surface area contributed by atoms with Gasteiger partial charge in [0.1, 0.15) is 0 Å². The van der Waals surface area contributed by atoms with Gasteiger partial charge in [-0.15, -0.1) is 0 Å². The van der Waals surface area contributed by atoms with Crippen LogP contribution in [0.4, 0.5) is 13.6 Å². The third kappa shape index (κ3) is 1.62. The predicted molar refractivity (Wildman–Crippen MR) is 49.4 cm³/mol. The first-order valence-corrected chi connectivity index (χ1v) is 4.49. The van der Waals surface area contributed by atoms with Crippen molar-refractivity contribution in [3.05, 3.63) is 12.7 Å². The number of carboxylic acid groups (broad SMARTS) is 2. The first-order valence-electron chi connectivity index (χ1n) is 4.49. The lowest BCUT2D eigenvalue weighted by Gasteiger charge is -2.30. The molecule has 90 valence electrons.